The Labute approximate surface area is 85.5 Å². The Hall–Kier alpha value is -1.62. The van der Waals surface area contributed by atoms with Crippen molar-refractivity contribution in [3.05, 3.63) is 29.2 Å². The minimum atomic E-state index is 0.228. The largest absolute Gasteiger partial charge is 0.368 e. The lowest BCUT2D eigenvalue weighted by Crippen LogP contribution is -2.04. The maximum atomic E-state index is 5.73. The van der Waals surface area contributed by atoms with E-state index in [2.05, 4.69) is 15.1 Å². The van der Waals surface area contributed by atoms with Crippen molar-refractivity contribution < 1.29 is 0 Å². The van der Waals surface area contributed by atoms with Gasteiger partial charge in [-0.05, 0) is 6.92 Å². The summed E-state index contributed by atoms with van der Waals surface area (Å²) in [5.74, 6) is 0.841. The summed E-state index contributed by atoms with van der Waals surface area (Å²) in [5.41, 5.74) is 6.30. The highest BCUT2D eigenvalue weighted by Crippen LogP contribution is 2.11. The number of nitrogen functional groups attached to an aromatic ring is 1. The van der Waals surface area contributed by atoms with E-state index in [0.29, 0.717) is 10.8 Å². The van der Waals surface area contributed by atoms with Crippen molar-refractivity contribution in [3.8, 4) is 5.82 Å². The lowest BCUT2D eigenvalue weighted by molar-refractivity contribution is 0.838. The van der Waals surface area contributed by atoms with E-state index in [1.165, 1.54) is 6.20 Å². The molecule has 0 aliphatic carbocycles. The molecule has 5 nitrogen and oxygen atoms in total. The van der Waals surface area contributed by atoms with Crippen LogP contribution in [0.5, 0.6) is 0 Å². The third kappa shape index (κ3) is 1.67. The van der Waals surface area contributed by atoms with Crippen LogP contribution >= 0.6 is 11.6 Å². The lowest BCUT2D eigenvalue weighted by Gasteiger charge is -2.01. The van der Waals surface area contributed by atoms with Crippen LogP contribution in [0, 0.1) is 6.92 Å². The van der Waals surface area contributed by atoms with Crippen LogP contribution < -0.4 is 5.73 Å². The van der Waals surface area contributed by atoms with E-state index in [1.807, 2.05) is 6.92 Å². The Bertz CT molecular complexity index is 444. The number of nitrogens with two attached hydrogens (primary N) is 1. The standard InChI is InChI=1S/C8H8ClN5/c1-5-2-7(13-8(10)12-5)14-4-6(9)3-11-14/h2-4H,1H3,(H2,10,12,13). The third-order valence-electron chi connectivity index (χ3n) is 1.64. The van der Waals surface area contributed by atoms with Crippen LogP contribution in [0.3, 0.4) is 0 Å². The molecule has 0 aliphatic rings. The number of hydrogen-bond acceptors (Lipinski definition) is 4. The predicted molar refractivity (Wildman–Crippen MR) is 53.3 cm³/mol. The molecule has 2 aromatic rings. The molecule has 6 heteroatoms. The van der Waals surface area contributed by atoms with Crippen LogP contribution in [-0.2, 0) is 0 Å². The van der Waals surface area contributed by atoms with Crippen molar-refractivity contribution in [2.75, 3.05) is 5.73 Å². The average molecular weight is 210 g/mol. The van der Waals surface area contributed by atoms with Crippen molar-refractivity contribution >= 4 is 17.5 Å². The third-order valence-corrected chi connectivity index (χ3v) is 1.84. The van der Waals surface area contributed by atoms with Crippen molar-refractivity contribution in [2.45, 2.75) is 6.92 Å². The molecule has 0 aromatic carbocycles. The van der Waals surface area contributed by atoms with Gasteiger partial charge in [0, 0.05) is 11.8 Å². The molecule has 0 radical (unpaired) electrons. The number of hydrogen-bond donors (Lipinski definition) is 1. The van der Waals surface area contributed by atoms with Crippen molar-refractivity contribution in [1.29, 1.82) is 0 Å². The van der Waals surface area contributed by atoms with Crippen LogP contribution in [0.25, 0.3) is 5.82 Å². The zero-order valence-corrected chi connectivity index (χ0v) is 8.23. The van der Waals surface area contributed by atoms with Crippen molar-refractivity contribution in [1.82, 2.24) is 19.7 Å². The van der Waals surface area contributed by atoms with E-state index >= 15 is 0 Å². The summed E-state index contributed by atoms with van der Waals surface area (Å²) < 4.78 is 1.55. The maximum Gasteiger partial charge on any atom is 0.222 e. The number of halogens is 1. The summed E-state index contributed by atoms with van der Waals surface area (Å²) >= 11 is 5.73. The van der Waals surface area contributed by atoms with Gasteiger partial charge in [-0.3, -0.25) is 0 Å². The fraction of sp³-hybridized carbons (Fsp3) is 0.125. The first-order valence-electron chi connectivity index (χ1n) is 3.97. The van der Waals surface area contributed by atoms with E-state index in [1.54, 1.807) is 16.9 Å². The van der Waals surface area contributed by atoms with Gasteiger partial charge in [-0.1, -0.05) is 11.6 Å². The Morgan fingerprint density at radius 1 is 1.43 bits per heavy atom. The smallest absolute Gasteiger partial charge is 0.222 e. The van der Waals surface area contributed by atoms with Gasteiger partial charge < -0.3 is 5.73 Å². The topological polar surface area (TPSA) is 69.6 Å². The summed E-state index contributed by atoms with van der Waals surface area (Å²) in [5, 5.41) is 4.56. The van der Waals surface area contributed by atoms with Crippen molar-refractivity contribution in [3.63, 3.8) is 0 Å². The second-order valence-electron chi connectivity index (χ2n) is 2.83. The Balaban J connectivity index is 2.51. The lowest BCUT2D eigenvalue weighted by atomic mass is 10.4. The SMILES string of the molecule is Cc1cc(-n2cc(Cl)cn2)nc(N)n1. The van der Waals surface area contributed by atoms with Gasteiger partial charge in [0.1, 0.15) is 0 Å². The highest BCUT2D eigenvalue weighted by Gasteiger charge is 2.02. The molecule has 2 aromatic heterocycles. The molecule has 0 aliphatic heterocycles. The van der Waals surface area contributed by atoms with E-state index in [-0.39, 0.29) is 5.95 Å². The summed E-state index contributed by atoms with van der Waals surface area (Å²) in [6.07, 6.45) is 3.19. The molecular weight excluding hydrogens is 202 g/mol. The van der Waals surface area contributed by atoms with Crippen molar-refractivity contribution in [2.24, 2.45) is 0 Å². The second kappa shape index (κ2) is 3.26. The Kier molecular flexibility index (Phi) is 2.09. The first-order chi connectivity index (χ1) is 6.65. The molecule has 2 N–H and O–H groups in total. The Morgan fingerprint density at radius 3 is 2.79 bits per heavy atom. The van der Waals surface area contributed by atoms with Gasteiger partial charge >= 0.3 is 0 Å². The predicted octanol–water partition coefficient (Wildman–Crippen LogP) is 1.21. The maximum absolute atomic E-state index is 5.73. The normalized spacial score (nSPS) is 10.4. The Morgan fingerprint density at radius 2 is 2.21 bits per heavy atom. The summed E-state index contributed by atoms with van der Waals surface area (Å²) in [6.45, 7) is 1.84. The number of nitrogens with zero attached hydrogens (tertiary/aromatic N) is 4. The van der Waals surface area contributed by atoms with Gasteiger partial charge in [0.05, 0.1) is 17.4 Å². The molecule has 0 fully saturated rings. The van der Waals surface area contributed by atoms with E-state index < -0.39 is 0 Å². The van der Waals surface area contributed by atoms with Gasteiger partial charge in [-0.2, -0.15) is 10.1 Å². The first kappa shape index (κ1) is 8.96. The zero-order chi connectivity index (χ0) is 10.1. The molecule has 14 heavy (non-hydrogen) atoms. The molecule has 72 valence electrons. The van der Waals surface area contributed by atoms with Gasteiger partial charge in [0.15, 0.2) is 5.82 Å². The van der Waals surface area contributed by atoms with Gasteiger partial charge in [0.25, 0.3) is 0 Å². The molecule has 0 atom stereocenters. The zero-order valence-electron chi connectivity index (χ0n) is 7.48. The molecule has 2 heterocycles. The van der Waals surface area contributed by atoms with Gasteiger partial charge in [-0.15, -0.1) is 0 Å². The van der Waals surface area contributed by atoms with Crippen LogP contribution in [0.4, 0.5) is 5.95 Å². The van der Waals surface area contributed by atoms with E-state index in [4.69, 9.17) is 17.3 Å². The minimum absolute atomic E-state index is 0.228. The van der Waals surface area contributed by atoms with Gasteiger partial charge in [-0.25, -0.2) is 9.67 Å². The number of aromatic nitrogens is 4. The second-order valence-corrected chi connectivity index (χ2v) is 3.27. The molecule has 2 rings (SSSR count). The minimum Gasteiger partial charge on any atom is -0.368 e. The summed E-state index contributed by atoms with van der Waals surface area (Å²) in [7, 11) is 0. The fourth-order valence-corrected chi connectivity index (χ4v) is 1.25. The van der Waals surface area contributed by atoms with E-state index in [0.717, 1.165) is 5.69 Å². The molecule has 0 bridgehead atoms. The summed E-state index contributed by atoms with van der Waals surface area (Å²) in [4.78, 5) is 7.99. The van der Waals surface area contributed by atoms with Crippen LogP contribution in [0.2, 0.25) is 5.02 Å². The quantitative estimate of drug-likeness (QED) is 0.767. The molecule has 0 unspecified atom stereocenters. The molecule has 0 saturated carbocycles. The molecular formula is C8H8ClN5. The highest BCUT2D eigenvalue weighted by atomic mass is 35.5. The first-order valence-corrected chi connectivity index (χ1v) is 4.34. The molecule has 0 amide bonds. The highest BCUT2D eigenvalue weighted by molar-refractivity contribution is 6.30. The van der Waals surface area contributed by atoms with Gasteiger partial charge in [0.2, 0.25) is 5.95 Å². The van der Waals surface area contributed by atoms with Crippen LogP contribution in [0.1, 0.15) is 5.69 Å². The fourth-order valence-electron chi connectivity index (χ4n) is 1.12. The molecule has 0 saturated heterocycles. The molecule has 0 spiro atoms. The number of aryl methyl sites for hydroxylation is 1. The monoisotopic (exact) mass is 209 g/mol. The van der Waals surface area contributed by atoms with E-state index in [9.17, 15) is 0 Å². The van der Waals surface area contributed by atoms with Crippen LogP contribution in [-0.4, -0.2) is 19.7 Å². The summed E-state index contributed by atoms with van der Waals surface area (Å²) in [6, 6.07) is 1.78. The number of anilines is 1. The average Bonchev–Trinajstić information content (AvgIpc) is 2.50. The number of rotatable bonds is 1. The van der Waals surface area contributed by atoms with Crippen LogP contribution in [0.15, 0.2) is 18.5 Å².